The Morgan fingerprint density at radius 3 is 2.69 bits per heavy atom. The number of rotatable bonds is 3. The van der Waals surface area contributed by atoms with Gasteiger partial charge >= 0.3 is 29.6 Å². The Balaban J connectivity index is 0.00000144. The molecule has 0 aliphatic heterocycles. The smallest absolute Gasteiger partial charge is 0.790 e. The summed E-state index contributed by atoms with van der Waals surface area (Å²) >= 11 is 0. The summed E-state index contributed by atoms with van der Waals surface area (Å²) in [5.74, 6) is 0. The molecule has 0 unspecified atom stereocenters. The minimum absolute atomic E-state index is 0. The van der Waals surface area contributed by atoms with E-state index >= 15 is 0 Å². The summed E-state index contributed by atoms with van der Waals surface area (Å²) in [6, 6.07) is 3.24. The molecule has 0 saturated carbocycles. The normalized spacial score (nSPS) is 10.6. The van der Waals surface area contributed by atoms with E-state index in [-0.39, 0.29) is 36.2 Å². The minimum Gasteiger partial charge on any atom is -0.790 e. The van der Waals surface area contributed by atoms with Gasteiger partial charge in [0, 0.05) is 12.4 Å². The van der Waals surface area contributed by atoms with Gasteiger partial charge in [-0.2, -0.15) is 0 Å². The van der Waals surface area contributed by atoms with Gasteiger partial charge in [0.15, 0.2) is 0 Å². The van der Waals surface area contributed by atoms with Crippen molar-refractivity contribution in [3.05, 3.63) is 30.1 Å². The summed E-state index contributed by atoms with van der Waals surface area (Å²) in [6.07, 6.45) is 2.97. The van der Waals surface area contributed by atoms with E-state index in [0.717, 1.165) is 0 Å². The number of phosphoric acid groups is 1. The number of hydrogen-bond donors (Lipinski definition) is 0. The number of pyridine rings is 1. The molecule has 7 heteroatoms. The Hall–Kier alpha value is 0.260. The zero-order valence-electron chi connectivity index (χ0n) is 7.04. The predicted molar refractivity (Wildman–Crippen MR) is 36.6 cm³/mol. The Bertz CT molecular complexity index is 288. The molecule has 13 heavy (non-hydrogen) atoms. The van der Waals surface area contributed by atoms with Crippen LogP contribution in [0, 0.1) is 0 Å². The molecule has 0 saturated heterocycles. The number of phosphoric ester groups is 1. The molecule has 1 heterocycles. The van der Waals surface area contributed by atoms with Crippen molar-refractivity contribution in [2.75, 3.05) is 0 Å². The van der Waals surface area contributed by atoms with Crippen LogP contribution in [0.5, 0.6) is 0 Å². The van der Waals surface area contributed by atoms with Crippen LogP contribution in [0.25, 0.3) is 0 Å². The monoisotopic (exact) mass is 210 g/mol. The summed E-state index contributed by atoms with van der Waals surface area (Å²) in [7, 11) is -4.86. The molecule has 1 aromatic rings. The maximum Gasteiger partial charge on any atom is 1.00 e. The first-order valence-electron chi connectivity index (χ1n) is 3.13. The Labute approximate surface area is 97.7 Å². The fraction of sp³-hybridized carbons (Fsp3) is 0.167. The van der Waals surface area contributed by atoms with Crippen molar-refractivity contribution in [2.24, 2.45) is 0 Å². The molecule has 0 atom stereocenters. The molecule has 0 amide bonds. The molecule has 0 spiro atoms. The first kappa shape index (κ1) is 13.3. The summed E-state index contributed by atoms with van der Waals surface area (Å²) in [5, 5.41) is 0. The molecule has 0 radical (unpaired) electrons. The van der Waals surface area contributed by atoms with Crippen LogP contribution >= 0.6 is 7.82 Å². The van der Waals surface area contributed by atoms with Crippen molar-refractivity contribution < 1.29 is 48.4 Å². The van der Waals surface area contributed by atoms with Crippen molar-refractivity contribution in [1.82, 2.24) is 4.98 Å². The molecule has 0 N–H and O–H groups in total. The van der Waals surface area contributed by atoms with Gasteiger partial charge in [0.25, 0.3) is 0 Å². The third kappa shape index (κ3) is 6.35. The van der Waals surface area contributed by atoms with Crippen LogP contribution in [-0.2, 0) is 15.7 Å². The Morgan fingerprint density at radius 1 is 1.54 bits per heavy atom. The third-order valence-corrected chi connectivity index (χ3v) is 1.56. The molecule has 0 aliphatic carbocycles. The average Bonchev–Trinajstić information content (AvgIpc) is 2.02. The van der Waals surface area contributed by atoms with Crippen LogP contribution in [0.4, 0.5) is 0 Å². The van der Waals surface area contributed by atoms with Gasteiger partial charge in [0.05, 0.1) is 14.4 Å². The fourth-order valence-corrected chi connectivity index (χ4v) is 0.944. The van der Waals surface area contributed by atoms with Gasteiger partial charge < -0.3 is 18.9 Å². The summed E-state index contributed by atoms with van der Waals surface area (Å²) < 4.78 is 14.1. The molecule has 1 rings (SSSR count). The van der Waals surface area contributed by atoms with Crippen molar-refractivity contribution in [3.63, 3.8) is 0 Å². The summed E-state index contributed by atoms with van der Waals surface area (Å²) in [6.45, 7) is -0.252. The van der Waals surface area contributed by atoms with E-state index in [1.807, 2.05) is 0 Å². The second kappa shape index (κ2) is 5.88. The number of hydrogen-bond acceptors (Lipinski definition) is 5. The molecule has 66 valence electrons. The Kier molecular flexibility index (Phi) is 6.00. The molecule has 0 fully saturated rings. The van der Waals surface area contributed by atoms with Crippen LogP contribution in [0.2, 0.25) is 0 Å². The molecule has 0 aliphatic rings. The molecule has 5 nitrogen and oxygen atoms in total. The zero-order valence-corrected chi connectivity index (χ0v) is 9.94. The van der Waals surface area contributed by atoms with Crippen molar-refractivity contribution in [1.29, 1.82) is 0 Å². The van der Waals surface area contributed by atoms with Gasteiger partial charge in [-0.3, -0.25) is 4.98 Å². The van der Waals surface area contributed by atoms with Gasteiger partial charge in [-0.05, 0) is 11.6 Å². The SMILES string of the molecule is O=P([O-])([O-])OCc1cccnc1.[Na+]. The first-order valence-corrected chi connectivity index (χ1v) is 4.59. The van der Waals surface area contributed by atoms with E-state index < -0.39 is 7.82 Å². The van der Waals surface area contributed by atoms with E-state index in [2.05, 4.69) is 9.51 Å². The quantitative estimate of drug-likeness (QED) is 0.380. The van der Waals surface area contributed by atoms with E-state index in [0.29, 0.717) is 5.56 Å². The zero-order chi connectivity index (χ0) is 9.03. The number of nitrogens with zero attached hydrogens (tertiary/aromatic N) is 1. The first-order chi connectivity index (χ1) is 5.58. The summed E-state index contributed by atoms with van der Waals surface area (Å²) in [5.41, 5.74) is 0.546. The maximum atomic E-state index is 10.0. The van der Waals surface area contributed by atoms with Gasteiger partial charge in [-0.1, -0.05) is 6.07 Å². The van der Waals surface area contributed by atoms with Crippen molar-refractivity contribution in [2.45, 2.75) is 6.61 Å². The standard InChI is InChI=1S/C6H8NO4P.Na/c8-12(9,10)11-5-6-2-1-3-7-4-6;/h1-4H,5H2,(H2,8,9,10);/q;+1/p-2. The second-order valence-electron chi connectivity index (χ2n) is 2.08. The molecule has 0 aromatic carbocycles. The van der Waals surface area contributed by atoms with E-state index in [4.69, 9.17) is 0 Å². The molecule has 1 aromatic heterocycles. The van der Waals surface area contributed by atoms with Gasteiger partial charge in [-0.25, -0.2) is 0 Å². The number of aromatic nitrogens is 1. The van der Waals surface area contributed by atoms with Crippen molar-refractivity contribution in [3.8, 4) is 0 Å². The van der Waals surface area contributed by atoms with E-state index in [9.17, 15) is 14.4 Å². The van der Waals surface area contributed by atoms with Crippen molar-refractivity contribution >= 4 is 7.82 Å². The van der Waals surface area contributed by atoms with E-state index in [1.165, 1.54) is 12.4 Å². The molecular formula is C6H6NNaO4P-. The third-order valence-electron chi connectivity index (χ3n) is 1.11. The fourth-order valence-electron chi connectivity index (χ4n) is 0.637. The maximum absolute atomic E-state index is 10.0. The van der Waals surface area contributed by atoms with Gasteiger partial charge in [0.2, 0.25) is 0 Å². The average molecular weight is 210 g/mol. The van der Waals surface area contributed by atoms with Crippen LogP contribution in [-0.4, -0.2) is 4.98 Å². The van der Waals surface area contributed by atoms with Crippen LogP contribution in [0.1, 0.15) is 5.56 Å². The van der Waals surface area contributed by atoms with Gasteiger partial charge in [-0.15, -0.1) is 0 Å². The predicted octanol–water partition coefficient (Wildman–Crippen LogP) is -3.57. The molecule has 0 bridgehead atoms. The summed E-state index contributed by atoms with van der Waals surface area (Å²) in [4.78, 5) is 23.8. The van der Waals surface area contributed by atoms with Gasteiger partial charge in [0.1, 0.15) is 0 Å². The topological polar surface area (TPSA) is 85.3 Å². The largest absolute Gasteiger partial charge is 1.00 e. The Morgan fingerprint density at radius 2 is 2.23 bits per heavy atom. The second-order valence-corrected chi connectivity index (χ2v) is 3.23. The molecular weight excluding hydrogens is 204 g/mol. The van der Waals surface area contributed by atoms with Crippen LogP contribution in [0.3, 0.4) is 0 Å². The minimum atomic E-state index is -4.86. The van der Waals surface area contributed by atoms with Crippen LogP contribution in [0.15, 0.2) is 24.5 Å². The van der Waals surface area contributed by atoms with Crippen LogP contribution < -0.4 is 39.3 Å². The van der Waals surface area contributed by atoms with E-state index in [1.54, 1.807) is 12.1 Å².